The number of benzene rings is 2. The minimum absolute atomic E-state index is 0.00273. The molecule has 14 heteroatoms. The monoisotopic (exact) mass is 649 g/mol. The Hall–Kier alpha value is -5.53. The molecule has 0 fully saturated rings. The number of allylic oxidation sites excluding steroid dienone is 1. The first-order chi connectivity index (χ1) is 21.9. The highest BCUT2D eigenvalue weighted by Crippen LogP contribution is 2.54. The molecule has 0 aliphatic heterocycles. The van der Waals surface area contributed by atoms with E-state index in [0.717, 1.165) is 27.7 Å². The maximum Gasteiger partial charge on any atom is 0.308 e. The van der Waals surface area contributed by atoms with Crippen LogP contribution in [0.1, 0.15) is 72.0 Å². The minimum atomic E-state index is -1.08. The number of hydrogen-bond donors (Lipinski definition) is 1. The molecular weight excluding hydrogens is 614 g/mol. The molecule has 0 spiro atoms. The van der Waals surface area contributed by atoms with E-state index in [0.29, 0.717) is 16.8 Å². The minimum Gasteiger partial charge on any atom is -0.426 e. The van der Waals surface area contributed by atoms with Crippen molar-refractivity contribution in [3.05, 3.63) is 45.5 Å². The summed E-state index contributed by atoms with van der Waals surface area (Å²) < 4.78 is 22.3. The van der Waals surface area contributed by atoms with Crippen molar-refractivity contribution in [1.82, 2.24) is 5.32 Å². The third-order valence-electron chi connectivity index (χ3n) is 7.42. The van der Waals surface area contributed by atoms with E-state index in [1.54, 1.807) is 39.2 Å². The van der Waals surface area contributed by atoms with Crippen LogP contribution in [0.25, 0.3) is 5.76 Å². The number of ketones is 1. The van der Waals surface area contributed by atoms with Crippen molar-refractivity contribution in [2.24, 2.45) is 5.92 Å². The lowest BCUT2D eigenvalue weighted by Crippen LogP contribution is -2.35. The van der Waals surface area contributed by atoms with Crippen molar-refractivity contribution in [3.63, 3.8) is 0 Å². The number of hydrogen-bond acceptors (Lipinski definition) is 13. The van der Waals surface area contributed by atoms with Crippen molar-refractivity contribution < 1.29 is 52.5 Å². The fourth-order valence-electron chi connectivity index (χ4n) is 6.06. The molecule has 2 aliphatic carbocycles. The van der Waals surface area contributed by atoms with Gasteiger partial charge in [-0.05, 0) is 42.0 Å². The van der Waals surface area contributed by atoms with Crippen LogP contribution < -0.4 is 29.3 Å². The van der Waals surface area contributed by atoms with Crippen LogP contribution in [-0.2, 0) is 41.6 Å². The maximum atomic E-state index is 14.6. The number of amides is 2. The number of nitrogens with one attached hydrogen (secondary N) is 1. The summed E-state index contributed by atoms with van der Waals surface area (Å²) in [5, 5.41) is 2.11. The fraction of sp³-hybridized carbons (Fsp3) is 0.364. The molecule has 248 valence electrons. The highest BCUT2D eigenvalue weighted by Gasteiger charge is 2.46. The Labute approximate surface area is 270 Å². The number of anilines is 2. The first kappa shape index (κ1) is 34.3. The molecule has 0 saturated carbocycles. The topological polar surface area (TPSA) is 175 Å². The van der Waals surface area contributed by atoms with Crippen LogP contribution in [0.15, 0.2) is 17.7 Å². The number of carbonyl (C=O) groups excluding carboxylic acids is 7. The standard InChI is InChI=1S/C33H35N3O11/c1-14(37)34-33(43)27-31(46-17(4)40)26-21(28(36(8)9)32(27)47-18(5)41)13-19-12-20-22(35(6)7)10-11-23(44-15(2)38)25(20)29(42)24(19)30(26)45-16(3)39/h10-11,19H,12-13H2,1-9H3,(H,34,37,43). The third-order valence-corrected chi connectivity index (χ3v) is 7.42. The molecule has 0 heterocycles. The van der Waals surface area contributed by atoms with Gasteiger partial charge in [0.15, 0.2) is 17.3 Å². The summed E-state index contributed by atoms with van der Waals surface area (Å²) in [7, 11) is 6.82. The Balaban J connectivity index is 2.24. The van der Waals surface area contributed by atoms with E-state index in [2.05, 4.69) is 5.32 Å². The lowest BCUT2D eigenvalue weighted by Gasteiger charge is -2.37. The second-order valence-corrected chi connectivity index (χ2v) is 11.5. The SMILES string of the molecule is CC(=O)NC(=O)c1c(OC(C)=O)c2c(c(N(C)C)c1OC(C)=O)CC1Cc3c(N(C)C)ccc(OC(C)=O)c3C(=O)C1=C2OC(C)=O. The van der Waals surface area contributed by atoms with Gasteiger partial charge >= 0.3 is 23.9 Å². The van der Waals surface area contributed by atoms with Crippen LogP contribution in [0.2, 0.25) is 0 Å². The third kappa shape index (κ3) is 6.57. The van der Waals surface area contributed by atoms with E-state index < -0.39 is 58.7 Å². The van der Waals surface area contributed by atoms with Crippen molar-refractivity contribution in [1.29, 1.82) is 0 Å². The van der Waals surface area contributed by atoms with Gasteiger partial charge in [-0.3, -0.25) is 38.9 Å². The van der Waals surface area contributed by atoms with Crippen molar-refractivity contribution in [2.75, 3.05) is 38.0 Å². The second kappa shape index (κ2) is 13.1. The first-order valence-corrected chi connectivity index (χ1v) is 14.5. The summed E-state index contributed by atoms with van der Waals surface area (Å²) in [5.41, 5.74) is 1.28. The van der Waals surface area contributed by atoms with Gasteiger partial charge in [0, 0.05) is 74.1 Å². The zero-order valence-electron chi connectivity index (χ0n) is 27.5. The summed E-state index contributed by atoms with van der Waals surface area (Å²) >= 11 is 0. The van der Waals surface area contributed by atoms with E-state index in [-0.39, 0.29) is 52.5 Å². The van der Waals surface area contributed by atoms with Gasteiger partial charge in [-0.25, -0.2) is 0 Å². The molecule has 2 aromatic carbocycles. The molecule has 2 amide bonds. The summed E-state index contributed by atoms with van der Waals surface area (Å²) in [4.78, 5) is 93.3. The molecule has 4 rings (SSSR count). The average molecular weight is 650 g/mol. The van der Waals surface area contributed by atoms with Crippen molar-refractivity contribution in [2.45, 2.75) is 47.5 Å². The molecule has 1 N–H and O–H groups in total. The molecule has 0 aromatic heterocycles. The molecule has 47 heavy (non-hydrogen) atoms. The smallest absolute Gasteiger partial charge is 0.308 e. The quantitative estimate of drug-likeness (QED) is 0.343. The normalized spacial score (nSPS) is 14.6. The molecule has 0 radical (unpaired) electrons. The fourth-order valence-corrected chi connectivity index (χ4v) is 6.06. The number of carbonyl (C=O) groups is 7. The average Bonchev–Trinajstić information content (AvgIpc) is 2.90. The van der Waals surface area contributed by atoms with E-state index in [1.165, 1.54) is 13.0 Å². The van der Waals surface area contributed by atoms with Crippen LogP contribution in [-0.4, -0.2) is 69.7 Å². The van der Waals surface area contributed by atoms with Crippen LogP contribution >= 0.6 is 0 Å². The number of rotatable bonds is 7. The predicted molar refractivity (Wildman–Crippen MR) is 168 cm³/mol. The summed E-state index contributed by atoms with van der Waals surface area (Å²) in [5.74, 6) is -7.42. The number of ether oxygens (including phenoxy) is 4. The zero-order valence-corrected chi connectivity index (χ0v) is 27.5. The number of esters is 4. The number of imide groups is 1. The summed E-state index contributed by atoms with van der Waals surface area (Å²) in [6, 6.07) is 3.23. The molecule has 14 nitrogen and oxygen atoms in total. The van der Waals surface area contributed by atoms with Crippen LogP contribution in [0, 0.1) is 5.92 Å². The van der Waals surface area contributed by atoms with Gasteiger partial charge < -0.3 is 28.7 Å². The Morgan fingerprint density at radius 3 is 1.77 bits per heavy atom. The molecular formula is C33H35N3O11. The largest absolute Gasteiger partial charge is 0.426 e. The van der Waals surface area contributed by atoms with Gasteiger partial charge in [-0.1, -0.05) is 0 Å². The van der Waals surface area contributed by atoms with Crippen LogP contribution in [0.3, 0.4) is 0 Å². The molecule has 1 atom stereocenters. The van der Waals surface area contributed by atoms with Gasteiger partial charge in [0.1, 0.15) is 17.1 Å². The first-order valence-electron chi connectivity index (χ1n) is 14.5. The molecule has 2 aliphatic rings. The van der Waals surface area contributed by atoms with E-state index in [1.807, 2.05) is 4.90 Å². The van der Waals surface area contributed by atoms with Gasteiger partial charge in [0.2, 0.25) is 5.91 Å². The zero-order chi connectivity index (χ0) is 35.1. The number of fused-ring (bicyclic) bond motifs is 3. The van der Waals surface area contributed by atoms with Gasteiger partial charge in [-0.15, -0.1) is 0 Å². The van der Waals surface area contributed by atoms with Crippen LogP contribution in [0.4, 0.5) is 11.4 Å². The lowest BCUT2D eigenvalue weighted by molar-refractivity contribution is -0.134. The van der Waals surface area contributed by atoms with Gasteiger partial charge in [0.05, 0.1) is 16.8 Å². The second-order valence-electron chi connectivity index (χ2n) is 11.5. The maximum absolute atomic E-state index is 14.6. The highest BCUT2D eigenvalue weighted by molar-refractivity contribution is 6.19. The molecule has 2 aromatic rings. The van der Waals surface area contributed by atoms with Crippen LogP contribution in [0.5, 0.6) is 17.2 Å². The number of nitrogens with zero attached hydrogens (tertiary/aromatic N) is 2. The Bertz CT molecular complexity index is 1800. The van der Waals surface area contributed by atoms with Gasteiger partial charge in [0.25, 0.3) is 5.91 Å². The number of Topliss-reactive ketones (excluding diaryl/α,β-unsaturated/α-hetero) is 1. The van der Waals surface area contributed by atoms with E-state index in [9.17, 15) is 33.6 Å². The highest BCUT2D eigenvalue weighted by atomic mass is 16.6. The molecule has 1 unspecified atom stereocenters. The Morgan fingerprint density at radius 1 is 0.702 bits per heavy atom. The lowest BCUT2D eigenvalue weighted by atomic mass is 9.70. The Morgan fingerprint density at radius 2 is 1.26 bits per heavy atom. The van der Waals surface area contributed by atoms with Gasteiger partial charge in [-0.2, -0.15) is 0 Å². The van der Waals surface area contributed by atoms with E-state index >= 15 is 0 Å². The Kier molecular flexibility index (Phi) is 9.55. The summed E-state index contributed by atoms with van der Waals surface area (Å²) in [6.07, 6.45) is 0.282. The molecule has 0 bridgehead atoms. The van der Waals surface area contributed by atoms with Crippen molar-refractivity contribution >= 4 is 58.6 Å². The van der Waals surface area contributed by atoms with Crippen molar-refractivity contribution in [3.8, 4) is 17.2 Å². The predicted octanol–water partition coefficient (Wildman–Crippen LogP) is 2.76. The molecule has 0 saturated heterocycles. The van der Waals surface area contributed by atoms with E-state index in [4.69, 9.17) is 18.9 Å². The summed E-state index contributed by atoms with van der Waals surface area (Å²) in [6.45, 7) is 5.56.